The van der Waals surface area contributed by atoms with Crippen LogP contribution >= 0.6 is 23.2 Å². The summed E-state index contributed by atoms with van der Waals surface area (Å²) in [5.41, 5.74) is 0.860. The van der Waals surface area contributed by atoms with Gasteiger partial charge in [0.2, 0.25) is 5.43 Å². The molecule has 0 radical (unpaired) electrons. The summed E-state index contributed by atoms with van der Waals surface area (Å²) in [6.07, 6.45) is 1.49. The van der Waals surface area contributed by atoms with E-state index in [-0.39, 0.29) is 11.0 Å². The third-order valence-corrected chi connectivity index (χ3v) is 4.06. The lowest BCUT2D eigenvalue weighted by atomic mass is 10.1. The first kappa shape index (κ1) is 15.6. The molecule has 0 spiro atoms. The van der Waals surface area contributed by atoms with Crippen molar-refractivity contribution in [3.05, 3.63) is 74.5 Å². The third-order valence-electron chi connectivity index (χ3n) is 3.50. The van der Waals surface area contributed by atoms with Crippen LogP contribution in [0.15, 0.2) is 53.5 Å². The Morgan fingerprint density at radius 3 is 2.48 bits per heavy atom. The second-order valence-electron chi connectivity index (χ2n) is 5.08. The molecule has 6 heteroatoms. The molecule has 1 N–H and O–H groups in total. The molecule has 0 saturated heterocycles. The van der Waals surface area contributed by atoms with Gasteiger partial charge in [0.05, 0.1) is 10.5 Å². The molecule has 1 heterocycles. The number of hydrogen-bond donors (Lipinski definition) is 1. The normalized spacial score (nSPS) is 10.7. The SMILES string of the molecule is Cn1cc(C(=O)Nc2ccc(Cl)cc2)c(=O)c2cccc(Cl)c21. The zero-order valence-corrected chi connectivity index (χ0v) is 13.7. The lowest BCUT2D eigenvalue weighted by molar-refractivity contribution is 0.102. The number of para-hydroxylation sites is 1. The number of aromatic nitrogens is 1. The van der Waals surface area contributed by atoms with E-state index < -0.39 is 5.91 Å². The molecule has 4 nitrogen and oxygen atoms in total. The molecule has 3 aromatic rings. The molecule has 116 valence electrons. The zero-order chi connectivity index (χ0) is 16.6. The molecule has 0 fully saturated rings. The second kappa shape index (κ2) is 6.07. The van der Waals surface area contributed by atoms with Crippen LogP contribution in [0.2, 0.25) is 10.0 Å². The average Bonchev–Trinajstić information content (AvgIpc) is 2.52. The van der Waals surface area contributed by atoms with E-state index >= 15 is 0 Å². The van der Waals surface area contributed by atoms with Crippen LogP contribution in [-0.2, 0) is 7.05 Å². The van der Waals surface area contributed by atoms with Crippen molar-refractivity contribution in [2.75, 3.05) is 5.32 Å². The molecule has 2 aromatic carbocycles. The minimum Gasteiger partial charge on any atom is -0.348 e. The molecule has 0 unspecified atom stereocenters. The number of aryl methyl sites for hydroxylation is 1. The number of anilines is 1. The summed E-state index contributed by atoms with van der Waals surface area (Å²) in [5.74, 6) is -0.477. The van der Waals surface area contributed by atoms with Crippen molar-refractivity contribution < 1.29 is 4.79 Å². The molecular formula is C17H12Cl2N2O2. The lowest BCUT2D eigenvalue weighted by Gasteiger charge is -2.10. The number of amides is 1. The van der Waals surface area contributed by atoms with Gasteiger partial charge in [-0.05, 0) is 36.4 Å². The highest BCUT2D eigenvalue weighted by Gasteiger charge is 2.16. The van der Waals surface area contributed by atoms with E-state index in [2.05, 4.69) is 5.32 Å². The summed E-state index contributed by atoms with van der Waals surface area (Å²) in [6.45, 7) is 0. The number of benzene rings is 2. The lowest BCUT2D eigenvalue weighted by Crippen LogP contribution is -2.23. The van der Waals surface area contributed by atoms with Crippen LogP contribution in [0, 0.1) is 0 Å². The number of nitrogens with zero attached hydrogens (tertiary/aromatic N) is 1. The van der Waals surface area contributed by atoms with E-state index in [0.717, 1.165) is 0 Å². The number of carbonyl (C=O) groups excluding carboxylic acids is 1. The van der Waals surface area contributed by atoms with Gasteiger partial charge in [-0.15, -0.1) is 0 Å². The Labute approximate surface area is 142 Å². The van der Waals surface area contributed by atoms with Gasteiger partial charge in [0.25, 0.3) is 5.91 Å². The average molecular weight is 347 g/mol. The first-order valence-electron chi connectivity index (χ1n) is 6.82. The van der Waals surface area contributed by atoms with Gasteiger partial charge in [0, 0.05) is 29.3 Å². The molecule has 23 heavy (non-hydrogen) atoms. The standard InChI is InChI=1S/C17H12Cl2N2O2/c1-21-9-13(16(22)12-3-2-4-14(19)15(12)21)17(23)20-11-7-5-10(18)6-8-11/h2-9H,1H3,(H,20,23). The number of hydrogen-bond acceptors (Lipinski definition) is 2. The largest absolute Gasteiger partial charge is 0.348 e. The van der Waals surface area contributed by atoms with Crippen LogP contribution in [0.25, 0.3) is 10.9 Å². The van der Waals surface area contributed by atoms with E-state index in [1.807, 2.05) is 0 Å². The first-order chi connectivity index (χ1) is 11.0. The molecule has 1 aromatic heterocycles. The molecule has 3 rings (SSSR count). The summed E-state index contributed by atoms with van der Waals surface area (Å²) in [5, 5.41) is 4.13. The smallest absolute Gasteiger partial charge is 0.261 e. The van der Waals surface area contributed by atoms with Gasteiger partial charge >= 0.3 is 0 Å². The van der Waals surface area contributed by atoms with Gasteiger partial charge in [-0.25, -0.2) is 0 Å². The van der Waals surface area contributed by atoms with Crippen molar-refractivity contribution in [2.45, 2.75) is 0 Å². The number of rotatable bonds is 2. The van der Waals surface area contributed by atoms with Crippen LogP contribution < -0.4 is 10.7 Å². The highest BCUT2D eigenvalue weighted by Crippen LogP contribution is 2.21. The maximum absolute atomic E-state index is 12.6. The van der Waals surface area contributed by atoms with E-state index in [1.54, 1.807) is 54.1 Å². The van der Waals surface area contributed by atoms with Gasteiger partial charge in [0.15, 0.2) is 0 Å². The Morgan fingerprint density at radius 2 is 1.78 bits per heavy atom. The van der Waals surface area contributed by atoms with Crippen LogP contribution in [0.4, 0.5) is 5.69 Å². The van der Waals surface area contributed by atoms with Crippen molar-refractivity contribution in [1.82, 2.24) is 4.57 Å². The Balaban J connectivity index is 2.06. The number of nitrogens with one attached hydrogen (secondary N) is 1. The summed E-state index contributed by atoms with van der Waals surface area (Å²) >= 11 is 12.0. The molecule has 0 bridgehead atoms. The van der Waals surface area contributed by atoms with Crippen LogP contribution in [0.5, 0.6) is 0 Å². The van der Waals surface area contributed by atoms with E-state index in [4.69, 9.17) is 23.2 Å². The summed E-state index contributed by atoms with van der Waals surface area (Å²) in [6, 6.07) is 11.7. The van der Waals surface area contributed by atoms with Crippen LogP contribution in [0.3, 0.4) is 0 Å². The van der Waals surface area contributed by atoms with Gasteiger partial charge in [-0.3, -0.25) is 9.59 Å². The topological polar surface area (TPSA) is 51.1 Å². The van der Waals surface area contributed by atoms with Crippen LogP contribution in [-0.4, -0.2) is 10.5 Å². The number of carbonyl (C=O) groups is 1. The maximum atomic E-state index is 12.6. The number of fused-ring (bicyclic) bond motifs is 1. The fraction of sp³-hybridized carbons (Fsp3) is 0.0588. The van der Waals surface area contributed by atoms with Crippen molar-refractivity contribution in [3.8, 4) is 0 Å². The molecular weight excluding hydrogens is 335 g/mol. The molecule has 0 atom stereocenters. The predicted molar refractivity (Wildman–Crippen MR) is 93.6 cm³/mol. The van der Waals surface area contributed by atoms with Gasteiger partial charge in [-0.1, -0.05) is 29.3 Å². The summed E-state index contributed by atoms with van der Waals surface area (Å²) in [7, 11) is 1.74. The van der Waals surface area contributed by atoms with Gasteiger partial charge < -0.3 is 9.88 Å². The fourth-order valence-corrected chi connectivity index (χ4v) is 2.85. The van der Waals surface area contributed by atoms with Crippen molar-refractivity contribution in [1.29, 1.82) is 0 Å². The molecule has 0 aliphatic heterocycles. The highest BCUT2D eigenvalue weighted by molar-refractivity contribution is 6.35. The van der Waals surface area contributed by atoms with Crippen molar-refractivity contribution >= 4 is 45.7 Å². The van der Waals surface area contributed by atoms with Gasteiger partial charge in [0.1, 0.15) is 5.56 Å². The van der Waals surface area contributed by atoms with Crippen molar-refractivity contribution in [3.63, 3.8) is 0 Å². The number of pyridine rings is 1. The predicted octanol–water partition coefficient (Wildman–Crippen LogP) is 4.10. The fourth-order valence-electron chi connectivity index (χ4n) is 2.41. The van der Waals surface area contributed by atoms with E-state index in [0.29, 0.717) is 26.6 Å². The Kier molecular flexibility index (Phi) is 4.11. The van der Waals surface area contributed by atoms with E-state index in [9.17, 15) is 9.59 Å². The molecule has 1 amide bonds. The summed E-state index contributed by atoms with van der Waals surface area (Å²) < 4.78 is 1.68. The quantitative estimate of drug-likeness (QED) is 0.759. The number of halogens is 2. The Hall–Kier alpha value is -2.30. The Morgan fingerprint density at radius 1 is 1.09 bits per heavy atom. The highest BCUT2D eigenvalue weighted by atomic mass is 35.5. The Bertz CT molecular complexity index is 963. The molecule has 0 aliphatic rings. The minimum absolute atomic E-state index is 0.0530. The second-order valence-corrected chi connectivity index (χ2v) is 5.92. The maximum Gasteiger partial charge on any atom is 0.261 e. The van der Waals surface area contributed by atoms with Crippen molar-refractivity contribution in [2.24, 2.45) is 7.05 Å². The summed E-state index contributed by atoms with van der Waals surface area (Å²) in [4.78, 5) is 25.0. The molecule has 0 aliphatic carbocycles. The van der Waals surface area contributed by atoms with Gasteiger partial charge in [-0.2, -0.15) is 0 Å². The van der Waals surface area contributed by atoms with E-state index in [1.165, 1.54) is 6.20 Å². The zero-order valence-electron chi connectivity index (χ0n) is 12.1. The van der Waals surface area contributed by atoms with Crippen LogP contribution in [0.1, 0.15) is 10.4 Å². The monoisotopic (exact) mass is 346 g/mol. The first-order valence-corrected chi connectivity index (χ1v) is 7.58. The molecule has 0 saturated carbocycles. The minimum atomic E-state index is -0.477. The third kappa shape index (κ3) is 2.96.